The van der Waals surface area contributed by atoms with Crippen molar-refractivity contribution in [2.75, 3.05) is 6.61 Å². The summed E-state index contributed by atoms with van der Waals surface area (Å²) in [7, 11) is 0. The summed E-state index contributed by atoms with van der Waals surface area (Å²) in [5.41, 5.74) is 1.15. The monoisotopic (exact) mass is 170 g/mol. The van der Waals surface area contributed by atoms with E-state index in [0.717, 1.165) is 11.6 Å². The zero-order chi connectivity index (χ0) is 9.56. The second-order valence-electron chi connectivity index (χ2n) is 2.69. The highest BCUT2D eigenvalue weighted by Gasteiger charge is 1.92. The third-order valence-corrected chi connectivity index (χ3v) is 1.13. The Labute approximate surface area is 72.3 Å². The molecular weight excluding hydrogens is 156 g/mol. The third-order valence-electron chi connectivity index (χ3n) is 1.13. The average molecular weight is 170 g/mol. The van der Waals surface area contributed by atoms with Crippen LogP contribution < -0.4 is 0 Å². The van der Waals surface area contributed by atoms with E-state index in [-0.39, 0.29) is 0 Å². The first-order valence-corrected chi connectivity index (χ1v) is 3.69. The molecule has 0 aromatic heterocycles. The molecule has 3 nitrogen and oxygen atoms in total. The van der Waals surface area contributed by atoms with Crippen LogP contribution >= 0.6 is 0 Å². The molecule has 0 aliphatic rings. The van der Waals surface area contributed by atoms with E-state index >= 15 is 0 Å². The van der Waals surface area contributed by atoms with Gasteiger partial charge in [-0.05, 0) is 26.8 Å². The Morgan fingerprint density at radius 2 is 2.00 bits per heavy atom. The van der Waals surface area contributed by atoms with Crippen molar-refractivity contribution in [1.82, 2.24) is 0 Å². The van der Waals surface area contributed by atoms with Gasteiger partial charge in [-0.25, -0.2) is 4.79 Å². The van der Waals surface area contributed by atoms with E-state index in [9.17, 15) is 4.79 Å². The first-order chi connectivity index (χ1) is 5.52. The number of allylic oxidation sites excluding steroid dienone is 2. The van der Waals surface area contributed by atoms with Gasteiger partial charge < -0.3 is 9.84 Å². The van der Waals surface area contributed by atoms with Crippen LogP contribution in [0.2, 0.25) is 0 Å². The molecule has 0 amide bonds. The lowest BCUT2D eigenvalue weighted by Crippen LogP contribution is -1.94. The predicted octanol–water partition coefficient (Wildman–Crippen LogP) is 1.96. The summed E-state index contributed by atoms with van der Waals surface area (Å²) in [4.78, 5) is 10.1. The molecule has 12 heavy (non-hydrogen) atoms. The Kier molecular flexibility index (Phi) is 4.84. The highest BCUT2D eigenvalue weighted by molar-refractivity contribution is 5.80. The van der Waals surface area contributed by atoms with Gasteiger partial charge in [0.2, 0.25) is 0 Å². The average Bonchev–Trinajstić information content (AvgIpc) is 1.84. The minimum absolute atomic E-state index is 0.417. The Morgan fingerprint density at radius 3 is 2.42 bits per heavy atom. The van der Waals surface area contributed by atoms with Gasteiger partial charge in [0, 0.05) is 0 Å². The normalized spacial score (nSPS) is 10.8. The number of aliphatic carboxylic acids is 1. The Hall–Kier alpha value is -1.25. The van der Waals surface area contributed by atoms with E-state index in [1.807, 2.05) is 19.9 Å². The maximum Gasteiger partial charge on any atom is 0.331 e. The molecule has 0 fully saturated rings. The van der Waals surface area contributed by atoms with Gasteiger partial charge in [0.1, 0.15) is 12.4 Å². The summed E-state index contributed by atoms with van der Waals surface area (Å²) in [5, 5.41) is 8.32. The van der Waals surface area contributed by atoms with Crippen molar-refractivity contribution in [3.05, 3.63) is 23.5 Å². The van der Waals surface area contributed by atoms with Crippen LogP contribution in [0.4, 0.5) is 0 Å². The molecule has 0 aromatic carbocycles. The van der Waals surface area contributed by atoms with Crippen LogP contribution in [0.5, 0.6) is 0 Å². The molecule has 0 aromatic rings. The number of carboxylic acids is 1. The molecular formula is C9H14O3. The predicted molar refractivity (Wildman–Crippen MR) is 46.8 cm³/mol. The SMILES string of the molecule is CC(C)=CCO/C(C)=C\C(=O)O. The van der Waals surface area contributed by atoms with Gasteiger partial charge in [-0.15, -0.1) is 0 Å². The topological polar surface area (TPSA) is 46.5 Å². The van der Waals surface area contributed by atoms with Gasteiger partial charge >= 0.3 is 5.97 Å². The van der Waals surface area contributed by atoms with Gasteiger partial charge in [0.15, 0.2) is 0 Å². The zero-order valence-corrected chi connectivity index (χ0v) is 7.63. The molecule has 68 valence electrons. The summed E-state index contributed by atoms with van der Waals surface area (Å²) in [5.74, 6) is -0.565. The van der Waals surface area contributed by atoms with Crippen molar-refractivity contribution < 1.29 is 14.6 Å². The van der Waals surface area contributed by atoms with Crippen molar-refractivity contribution in [3.8, 4) is 0 Å². The molecule has 3 heteroatoms. The number of carboxylic acid groups (broad SMARTS) is 1. The third kappa shape index (κ3) is 6.86. The maximum atomic E-state index is 10.1. The van der Waals surface area contributed by atoms with Crippen LogP contribution in [0, 0.1) is 0 Å². The molecule has 0 aliphatic carbocycles. The van der Waals surface area contributed by atoms with Gasteiger partial charge in [-0.2, -0.15) is 0 Å². The lowest BCUT2D eigenvalue weighted by atomic mass is 10.3. The quantitative estimate of drug-likeness (QED) is 0.398. The van der Waals surface area contributed by atoms with Gasteiger partial charge in [-0.1, -0.05) is 5.57 Å². The molecule has 0 atom stereocenters. The highest BCUT2D eigenvalue weighted by atomic mass is 16.5. The molecule has 0 unspecified atom stereocenters. The minimum atomic E-state index is -0.982. The molecule has 0 bridgehead atoms. The van der Waals surface area contributed by atoms with E-state index in [1.54, 1.807) is 6.92 Å². The van der Waals surface area contributed by atoms with Gasteiger partial charge in [-0.3, -0.25) is 0 Å². The maximum absolute atomic E-state index is 10.1. The summed E-state index contributed by atoms with van der Waals surface area (Å²) in [6, 6.07) is 0. The van der Waals surface area contributed by atoms with Crippen molar-refractivity contribution in [2.24, 2.45) is 0 Å². The summed E-state index contributed by atoms with van der Waals surface area (Å²) < 4.78 is 5.07. The largest absolute Gasteiger partial charge is 0.494 e. The van der Waals surface area contributed by atoms with Crippen molar-refractivity contribution in [3.63, 3.8) is 0 Å². The Morgan fingerprint density at radius 1 is 1.42 bits per heavy atom. The van der Waals surface area contributed by atoms with Crippen LogP contribution in [-0.4, -0.2) is 17.7 Å². The molecule has 0 saturated carbocycles. The van der Waals surface area contributed by atoms with E-state index in [4.69, 9.17) is 9.84 Å². The smallest absolute Gasteiger partial charge is 0.331 e. The van der Waals surface area contributed by atoms with E-state index in [1.165, 1.54) is 0 Å². The number of carbonyl (C=O) groups is 1. The lowest BCUT2D eigenvalue weighted by molar-refractivity contribution is -0.131. The van der Waals surface area contributed by atoms with Crippen LogP contribution in [0.15, 0.2) is 23.5 Å². The molecule has 1 N–H and O–H groups in total. The number of hydrogen-bond donors (Lipinski definition) is 1. The van der Waals surface area contributed by atoms with Gasteiger partial charge in [0.25, 0.3) is 0 Å². The fourth-order valence-corrected chi connectivity index (χ4v) is 0.555. The molecule has 0 aliphatic heterocycles. The molecule has 0 radical (unpaired) electrons. The summed E-state index contributed by atoms with van der Waals surface area (Å²) in [6.45, 7) is 5.96. The van der Waals surface area contributed by atoms with E-state index in [0.29, 0.717) is 12.4 Å². The van der Waals surface area contributed by atoms with Crippen molar-refractivity contribution in [1.29, 1.82) is 0 Å². The first-order valence-electron chi connectivity index (χ1n) is 3.69. The highest BCUT2D eigenvalue weighted by Crippen LogP contribution is 1.96. The molecule has 0 saturated heterocycles. The number of ether oxygens (including phenoxy) is 1. The van der Waals surface area contributed by atoms with Crippen LogP contribution in [0.25, 0.3) is 0 Å². The van der Waals surface area contributed by atoms with Crippen molar-refractivity contribution >= 4 is 5.97 Å². The van der Waals surface area contributed by atoms with Crippen LogP contribution in [0.3, 0.4) is 0 Å². The minimum Gasteiger partial charge on any atom is -0.494 e. The van der Waals surface area contributed by atoms with Crippen molar-refractivity contribution in [2.45, 2.75) is 20.8 Å². The lowest BCUT2D eigenvalue weighted by Gasteiger charge is -2.01. The number of rotatable bonds is 4. The molecule has 0 heterocycles. The number of hydrogen-bond acceptors (Lipinski definition) is 2. The first kappa shape index (κ1) is 10.8. The van der Waals surface area contributed by atoms with Crippen LogP contribution in [-0.2, 0) is 9.53 Å². The molecule has 0 spiro atoms. The molecule has 0 rings (SSSR count). The van der Waals surface area contributed by atoms with Gasteiger partial charge in [0.05, 0.1) is 6.08 Å². The standard InChI is InChI=1S/C9H14O3/c1-7(2)4-5-12-8(3)6-9(10)11/h4,6H,5H2,1-3H3,(H,10,11)/b8-6-. The Bertz CT molecular complexity index is 210. The van der Waals surface area contributed by atoms with E-state index < -0.39 is 5.97 Å². The summed E-state index contributed by atoms with van der Waals surface area (Å²) in [6.07, 6.45) is 2.93. The second kappa shape index (κ2) is 5.41. The van der Waals surface area contributed by atoms with E-state index in [2.05, 4.69) is 0 Å². The second-order valence-corrected chi connectivity index (χ2v) is 2.69. The fraction of sp³-hybridized carbons (Fsp3) is 0.444. The Balaban J connectivity index is 3.79. The fourth-order valence-electron chi connectivity index (χ4n) is 0.555. The van der Waals surface area contributed by atoms with Crippen LogP contribution in [0.1, 0.15) is 20.8 Å². The zero-order valence-electron chi connectivity index (χ0n) is 7.63. The summed E-state index contributed by atoms with van der Waals surface area (Å²) >= 11 is 0.